The van der Waals surface area contributed by atoms with Gasteiger partial charge in [-0.05, 0) is 47.5 Å². The van der Waals surface area contributed by atoms with E-state index in [-0.39, 0.29) is 0 Å². The molecule has 1 aromatic rings. The third-order valence-electron chi connectivity index (χ3n) is 3.83. The minimum Gasteiger partial charge on any atom is -0.367 e. The van der Waals surface area contributed by atoms with Gasteiger partial charge in [0.15, 0.2) is 0 Å². The van der Waals surface area contributed by atoms with Gasteiger partial charge in [0.25, 0.3) is 0 Å². The van der Waals surface area contributed by atoms with E-state index in [1.165, 1.54) is 32.1 Å². The molecule has 0 aliphatic heterocycles. The van der Waals surface area contributed by atoms with Crippen LogP contribution in [-0.4, -0.2) is 16.0 Å². The average molecular weight is 312 g/mol. The number of halogens is 1. The lowest BCUT2D eigenvalue weighted by molar-refractivity contribution is 0.330. The minimum atomic E-state index is 0.583. The van der Waals surface area contributed by atoms with E-state index in [1.807, 2.05) is 6.07 Å². The van der Waals surface area contributed by atoms with Crippen molar-refractivity contribution < 1.29 is 0 Å². The predicted octanol–water partition coefficient (Wildman–Crippen LogP) is 4.18. The van der Waals surface area contributed by atoms with Crippen LogP contribution >= 0.6 is 15.9 Å². The van der Waals surface area contributed by atoms with Crippen molar-refractivity contribution in [2.24, 2.45) is 5.92 Å². The number of hydrogen-bond donors (Lipinski definition) is 1. The third-order valence-corrected chi connectivity index (χ3v) is 4.24. The molecular formula is C14H22BrN3. The molecule has 2 rings (SSSR count). The van der Waals surface area contributed by atoms with Gasteiger partial charge in [0.1, 0.15) is 16.2 Å². The van der Waals surface area contributed by atoms with Crippen molar-refractivity contribution in [3.63, 3.8) is 0 Å². The maximum Gasteiger partial charge on any atom is 0.131 e. The Hall–Kier alpha value is -0.640. The molecule has 1 aliphatic carbocycles. The fourth-order valence-electron chi connectivity index (χ4n) is 2.62. The van der Waals surface area contributed by atoms with E-state index in [0.717, 1.165) is 28.6 Å². The van der Waals surface area contributed by atoms with E-state index in [0.29, 0.717) is 6.04 Å². The zero-order valence-electron chi connectivity index (χ0n) is 11.2. The topological polar surface area (TPSA) is 37.8 Å². The van der Waals surface area contributed by atoms with Crippen LogP contribution in [0.15, 0.2) is 10.7 Å². The number of hydrogen-bond acceptors (Lipinski definition) is 3. The summed E-state index contributed by atoms with van der Waals surface area (Å²) in [5.74, 6) is 2.80. The lowest BCUT2D eigenvalue weighted by Crippen LogP contribution is -2.26. The van der Waals surface area contributed by atoms with E-state index in [4.69, 9.17) is 0 Å². The Bertz CT molecular complexity index is 387. The molecule has 4 heteroatoms. The first-order chi connectivity index (χ1) is 8.71. The second-order valence-corrected chi connectivity index (χ2v) is 5.93. The lowest BCUT2D eigenvalue weighted by Gasteiger charge is -2.28. The van der Waals surface area contributed by atoms with Gasteiger partial charge < -0.3 is 5.32 Å². The fraction of sp³-hybridized carbons (Fsp3) is 0.714. The van der Waals surface area contributed by atoms with Crippen LogP contribution in [0.25, 0.3) is 0 Å². The summed E-state index contributed by atoms with van der Waals surface area (Å²) >= 11 is 3.45. The highest BCUT2D eigenvalue weighted by atomic mass is 79.9. The monoisotopic (exact) mass is 311 g/mol. The summed E-state index contributed by atoms with van der Waals surface area (Å²) in [6.07, 6.45) is 7.42. The zero-order valence-corrected chi connectivity index (χ0v) is 12.8. The maximum absolute atomic E-state index is 4.53. The van der Waals surface area contributed by atoms with Crippen molar-refractivity contribution in [2.75, 3.05) is 5.32 Å². The molecule has 1 N–H and O–H groups in total. The van der Waals surface area contributed by atoms with Gasteiger partial charge in [-0.3, -0.25) is 0 Å². The van der Waals surface area contributed by atoms with Crippen LogP contribution in [0.3, 0.4) is 0 Å². The molecule has 3 nitrogen and oxygen atoms in total. The first kappa shape index (κ1) is 13.8. The molecule has 0 spiro atoms. The number of nitrogens with one attached hydrogen (secondary N) is 1. The van der Waals surface area contributed by atoms with Crippen LogP contribution in [0.1, 0.15) is 51.8 Å². The van der Waals surface area contributed by atoms with Crippen molar-refractivity contribution in [3.8, 4) is 0 Å². The van der Waals surface area contributed by atoms with E-state index in [9.17, 15) is 0 Å². The Morgan fingerprint density at radius 2 is 1.94 bits per heavy atom. The summed E-state index contributed by atoms with van der Waals surface area (Å²) in [6.45, 7) is 4.38. The third kappa shape index (κ3) is 3.67. The molecule has 0 amide bonds. The second-order valence-electron chi connectivity index (χ2n) is 5.12. The van der Waals surface area contributed by atoms with Crippen molar-refractivity contribution in [3.05, 3.63) is 16.5 Å². The summed E-state index contributed by atoms with van der Waals surface area (Å²) in [5.41, 5.74) is 0. The highest BCUT2D eigenvalue weighted by Gasteiger charge is 2.20. The first-order valence-corrected chi connectivity index (χ1v) is 7.80. The Morgan fingerprint density at radius 3 is 2.56 bits per heavy atom. The predicted molar refractivity (Wildman–Crippen MR) is 78.8 cm³/mol. The highest BCUT2D eigenvalue weighted by Crippen LogP contribution is 2.28. The molecule has 1 aliphatic rings. The molecule has 1 saturated carbocycles. The van der Waals surface area contributed by atoms with Crippen molar-refractivity contribution in [1.82, 2.24) is 9.97 Å². The number of anilines is 1. The normalized spacial score (nSPS) is 23.9. The van der Waals surface area contributed by atoms with E-state index >= 15 is 0 Å². The molecule has 1 fully saturated rings. The summed E-state index contributed by atoms with van der Waals surface area (Å²) in [6, 6.07) is 2.56. The Labute approximate surface area is 118 Å². The molecule has 0 aromatic carbocycles. The molecule has 1 aromatic heterocycles. The average Bonchev–Trinajstić information content (AvgIpc) is 2.39. The van der Waals surface area contributed by atoms with Crippen LogP contribution < -0.4 is 5.32 Å². The molecule has 0 atom stereocenters. The second kappa shape index (κ2) is 6.50. The highest BCUT2D eigenvalue weighted by molar-refractivity contribution is 9.10. The standard InChI is InChI=1S/C14H22BrN3/c1-3-10-5-7-11(8-6-10)16-14-9-12(15)17-13(4-2)18-14/h9-11H,3-8H2,1-2H3,(H,16,17,18). The number of nitrogens with zero attached hydrogens (tertiary/aromatic N) is 2. The van der Waals surface area contributed by atoms with Gasteiger partial charge >= 0.3 is 0 Å². The Balaban J connectivity index is 1.95. The molecule has 0 bridgehead atoms. The maximum atomic E-state index is 4.53. The van der Waals surface area contributed by atoms with Gasteiger partial charge in [0.2, 0.25) is 0 Å². The summed E-state index contributed by atoms with van der Waals surface area (Å²) in [7, 11) is 0. The molecule has 0 radical (unpaired) electrons. The number of rotatable bonds is 4. The molecule has 0 unspecified atom stereocenters. The van der Waals surface area contributed by atoms with Gasteiger partial charge in [0, 0.05) is 18.5 Å². The van der Waals surface area contributed by atoms with E-state index < -0.39 is 0 Å². The van der Waals surface area contributed by atoms with Crippen LogP contribution in [0.4, 0.5) is 5.82 Å². The summed E-state index contributed by atoms with van der Waals surface area (Å²) < 4.78 is 0.874. The number of aryl methyl sites for hydroxylation is 1. The first-order valence-electron chi connectivity index (χ1n) is 7.01. The van der Waals surface area contributed by atoms with Crippen LogP contribution in [0.2, 0.25) is 0 Å². The van der Waals surface area contributed by atoms with Gasteiger partial charge in [-0.2, -0.15) is 0 Å². The minimum absolute atomic E-state index is 0.583. The SMILES string of the molecule is CCc1nc(Br)cc(NC2CCC(CC)CC2)n1. The van der Waals surface area contributed by atoms with Gasteiger partial charge in [0.05, 0.1) is 0 Å². The van der Waals surface area contributed by atoms with Crippen LogP contribution in [0.5, 0.6) is 0 Å². The van der Waals surface area contributed by atoms with Crippen LogP contribution in [0, 0.1) is 5.92 Å². The Kier molecular flexibility index (Phi) is 4.98. The van der Waals surface area contributed by atoms with E-state index in [1.54, 1.807) is 0 Å². The largest absolute Gasteiger partial charge is 0.367 e. The van der Waals surface area contributed by atoms with Crippen LogP contribution in [-0.2, 0) is 6.42 Å². The van der Waals surface area contributed by atoms with Gasteiger partial charge in [-0.25, -0.2) is 9.97 Å². The molecule has 100 valence electrons. The quantitative estimate of drug-likeness (QED) is 0.848. The molecule has 18 heavy (non-hydrogen) atoms. The Morgan fingerprint density at radius 1 is 1.22 bits per heavy atom. The smallest absolute Gasteiger partial charge is 0.131 e. The molecule has 0 saturated heterocycles. The summed E-state index contributed by atoms with van der Waals surface area (Å²) in [4.78, 5) is 8.87. The van der Waals surface area contributed by atoms with Gasteiger partial charge in [-0.1, -0.05) is 20.3 Å². The van der Waals surface area contributed by atoms with Gasteiger partial charge in [-0.15, -0.1) is 0 Å². The van der Waals surface area contributed by atoms with E-state index in [2.05, 4.69) is 45.1 Å². The molecule has 1 heterocycles. The fourth-order valence-corrected chi connectivity index (χ4v) is 3.04. The molecular weight excluding hydrogens is 290 g/mol. The lowest BCUT2D eigenvalue weighted by atomic mass is 9.84. The van der Waals surface area contributed by atoms with Crippen molar-refractivity contribution in [1.29, 1.82) is 0 Å². The zero-order chi connectivity index (χ0) is 13.0. The summed E-state index contributed by atoms with van der Waals surface area (Å²) in [5, 5.41) is 3.56. The number of aromatic nitrogens is 2. The van der Waals surface area contributed by atoms with Crippen molar-refractivity contribution >= 4 is 21.7 Å². The van der Waals surface area contributed by atoms with Crippen molar-refractivity contribution in [2.45, 2.75) is 58.4 Å².